The molecule has 1 saturated heterocycles. The third kappa shape index (κ3) is 5.19. The Labute approximate surface area is 182 Å². The Morgan fingerprint density at radius 2 is 1.48 bits per heavy atom. The summed E-state index contributed by atoms with van der Waals surface area (Å²) in [6, 6.07) is 26.4. The van der Waals surface area contributed by atoms with Crippen molar-refractivity contribution in [3.63, 3.8) is 0 Å². The van der Waals surface area contributed by atoms with Crippen molar-refractivity contribution in [2.45, 2.75) is 24.9 Å². The van der Waals surface area contributed by atoms with Crippen molar-refractivity contribution < 1.29 is 14.3 Å². The molecule has 0 spiro atoms. The third-order valence-electron chi connectivity index (χ3n) is 5.47. The highest BCUT2D eigenvalue weighted by Gasteiger charge is 2.24. The summed E-state index contributed by atoms with van der Waals surface area (Å²) < 4.78 is 5.58. The van der Waals surface area contributed by atoms with Gasteiger partial charge < -0.3 is 15.4 Å². The highest BCUT2D eigenvalue weighted by atomic mass is 16.5. The fourth-order valence-corrected chi connectivity index (χ4v) is 3.89. The molecule has 1 heterocycles. The van der Waals surface area contributed by atoms with E-state index >= 15 is 0 Å². The molecule has 158 valence electrons. The number of hydrogen-bond acceptors (Lipinski definition) is 3. The SMILES string of the molecule is O=C(NCC1CCCO1)c1ccccc1NC(=O)C(c1ccccc1)c1ccccc1. The van der Waals surface area contributed by atoms with Crippen molar-refractivity contribution >= 4 is 17.5 Å². The summed E-state index contributed by atoms with van der Waals surface area (Å²) in [7, 11) is 0. The van der Waals surface area contributed by atoms with E-state index in [0.29, 0.717) is 17.8 Å². The predicted molar refractivity (Wildman–Crippen MR) is 121 cm³/mol. The van der Waals surface area contributed by atoms with E-state index in [-0.39, 0.29) is 17.9 Å². The summed E-state index contributed by atoms with van der Waals surface area (Å²) in [6.45, 7) is 1.21. The number of rotatable bonds is 7. The molecule has 2 N–H and O–H groups in total. The second-order valence-electron chi connectivity index (χ2n) is 7.63. The van der Waals surface area contributed by atoms with Crippen LogP contribution in [0.3, 0.4) is 0 Å². The Morgan fingerprint density at radius 3 is 2.10 bits per heavy atom. The van der Waals surface area contributed by atoms with Gasteiger partial charge in [-0.15, -0.1) is 0 Å². The van der Waals surface area contributed by atoms with Crippen LogP contribution in [0, 0.1) is 0 Å². The van der Waals surface area contributed by atoms with Gasteiger partial charge in [0.1, 0.15) is 0 Å². The maximum atomic E-state index is 13.4. The average molecular weight is 415 g/mol. The van der Waals surface area contributed by atoms with Gasteiger partial charge in [0.15, 0.2) is 0 Å². The maximum absolute atomic E-state index is 13.4. The molecule has 3 aromatic rings. The van der Waals surface area contributed by atoms with Gasteiger partial charge in [0.25, 0.3) is 5.91 Å². The molecule has 1 fully saturated rings. The highest BCUT2D eigenvalue weighted by Crippen LogP contribution is 2.27. The van der Waals surface area contributed by atoms with Crippen LogP contribution in [-0.4, -0.2) is 31.1 Å². The van der Waals surface area contributed by atoms with Crippen molar-refractivity contribution in [1.29, 1.82) is 0 Å². The van der Waals surface area contributed by atoms with Crippen molar-refractivity contribution in [2.75, 3.05) is 18.5 Å². The summed E-state index contributed by atoms with van der Waals surface area (Å²) in [6.07, 6.45) is 2.04. The molecule has 0 bridgehead atoms. The first kappa shape index (κ1) is 20.8. The number of anilines is 1. The summed E-state index contributed by atoms with van der Waals surface area (Å²) >= 11 is 0. The Kier molecular flexibility index (Phi) is 6.75. The van der Waals surface area contributed by atoms with E-state index in [1.165, 1.54) is 0 Å². The lowest BCUT2D eigenvalue weighted by atomic mass is 9.90. The molecular formula is C26H26N2O3. The summed E-state index contributed by atoms with van der Waals surface area (Å²) in [4.78, 5) is 26.2. The van der Waals surface area contributed by atoms with Crippen LogP contribution in [-0.2, 0) is 9.53 Å². The highest BCUT2D eigenvalue weighted by molar-refractivity contribution is 6.05. The van der Waals surface area contributed by atoms with Gasteiger partial charge in [-0.05, 0) is 36.1 Å². The number of carbonyl (C=O) groups excluding carboxylic acids is 2. The molecule has 1 atom stereocenters. The molecule has 3 aromatic carbocycles. The van der Waals surface area contributed by atoms with E-state index in [1.807, 2.05) is 66.7 Å². The molecule has 0 aliphatic carbocycles. The number of ether oxygens (including phenoxy) is 1. The number of nitrogens with one attached hydrogen (secondary N) is 2. The van der Waals surface area contributed by atoms with Crippen LogP contribution < -0.4 is 10.6 Å². The van der Waals surface area contributed by atoms with Gasteiger partial charge >= 0.3 is 0 Å². The molecule has 5 heteroatoms. The first-order valence-electron chi connectivity index (χ1n) is 10.6. The normalized spacial score (nSPS) is 15.6. The van der Waals surface area contributed by atoms with E-state index in [1.54, 1.807) is 18.2 Å². The van der Waals surface area contributed by atoms with Crippen LogP contribution in [0.4, 0.5) is 5.69 Å². The van der Waals surface area contributed by atoms with Gasteiger partial charge in [-0.1, -0.05) is 72.8 Å². The van der Waals surface area contributed by atoms with E-state index in [4.69, 9.17) is 4.74 Å². The van der Waals surface area contributed by atoms with Gasteiger partial charge in [0.2, 0.25) is 5.91 Å². The minimum absolute atomic E-state index is 0.0613. The molecule has 0 saturated carbocycles. The molecule has 1 aliphatic rings. The summed E-state index contributed by atoms with van der Waals surface area (Å²) in [5.41, 5.74) is 2.72. The van der Waals surface area contributed by atoms with Crippen LogP contribution in [0.15, 0.2) is 84.9 Å². The minimum atomic E-state index is -0.481. The van der Waals surface area contributed by atoms with Crippen LogP contribution in [0.5, 0.6) is 0 Å². The van der Waals surface area contributed by atoms with Crippen LogP contribution in [0.1, 0.15) is 40.2 Å². The monoisotopic (exact) mass is 414 g/mol. The zero-order valence-electron chi connectivity index (χ0n) is 17.3. The smallest absolute Gasteiger partial charge is 0.253 e. The van der Waals surface area contributed by atoms with E-state index in [0.717, 1.165) is 30.6 Å². The molecule has 1 aliphatic heterocycles. The minimum Gasteiger partial charge on any atom is -0.376 e. The van der Waals surface area contributed by atoms with Gasteiger partial charge in [0.05, 0.1) is 23.3 Å². The number of benzene rings is 3. The molecule has 4 rings (SSSR count). The van der Waals surface area contributed by atoms with E-state index in [9.17, 15) is 9.59 Å². The van der Waals surface area contributed by atoms with Gasteiger partial charge in [0, 0.05) is 13.2 Å². The van der Waals surface area contributed by atoms with E-state index in [2.05, 4.69) is 10.6 Å². The number of carbonyl (C=O) groups is 2. The molecule has 0 radical (unpaired) electrons. The Morgan fingerprint density at radius 1 is 0.871 bits per heavy atom. The van der Waals surface area contributed by atoms with Crippen LogP contribution >= 0.6 is 0 Å². The van der Waals surface area contributed by atoms with Crippen molar-refractivity contribution in [1.82, 2.24) is 5.32 Å². The molecule has 1 unspecified atom stereocenters. The third-order valence-corrected chi connectivity index (χ3v) is 5.47. The zero-order chi connectivity index (χ0) is 21.5. The number of hydrogen-bond donors (Lipinski definition) is 2. The zero-order valence-corrected chi connectivity index (χ0v) is 17.3. The second kappa shape index (κ2) is 10.0. The van der Waals surface area contributed by atoms with Crippen molar-refractivity contribution in [2.24, 2.45) is 0 Å². The lowest BCUT2D eigenvalue weighted by molar-refractivity contribution is -0.116. The Balaban J connectivity index is 1.54. The van der Waals surface area contributed by atoms with Crippen molar-refractivity contribution in [3.8, 4) is 0 Å². The predicted octanol–water partition coefficient (Wildman–Crippen LogP) is 4.37. The molecule has 0 aromatic heterocycles. The quantitative estimate of drug-likeness (QED) is 0.603. The molecular weight excluding hydrogens is 388 g/mol. The number of amides is 2. The first-order valence-corrected chi connectivity index (χ1v) is 10.6. The van der Waals surface area contributed by atoms with Crippen LogP contribution in [0.25, 0.3) is 0 Å². The van der Waals surface area contributed by atoms with Gasteiger partial charge in [-0.2, -0.15) is 0 Å². The van der Waals surface area contributed by atoms with Gasteiger partial charge in [-0.25, -0.2) is 0 Å². The number of para-hydroxylation sites is 1. The fourth-order valence-electron chi connectivity index (χ4n) is 3.89. The molecule has 5 nitrogen and oxygen atoms in total. The topological polar surface area (TPSA) is 67.4 Å². The van der Waals surface area contributed by atoms with Crippen molar-refractivity contribution in [3.05, 3.63) is 102 Å². The Hall–Kier alpha value is -3.44. The largest absolute Gasteiger partial charge is 0.376 e. The lowest BCUT2D eigenvalue weighted by Gasteiger charge is -2.19. The average Bonchev–Trinajstić information content (AvgIpc) is 3.33. The molecule has 31 heavy (non-hydrogen) atoms. The standard InChI is InChI=1S/C26H26N2O3/c29-25(27-18-21-14-9-17-31-21)22-15-7-8-16-23(22)28-26(30)24(19-10-3-1-4-11-19)20-12-5-2-6-13-20/h1-8,10-13,15-16,21,24H,9,14,17-18H2,(H,27,29)(H,28,30). The van der Waals surface area contributed by atoms with Gasteiger partial charge in [-0.3, -0.25) is 9.59 Å². The lowest BCUT2D eigenvalue weighted by Crippen LogP contribution is -2.32. The summed E-state index contributed by atoms with van der Waals surface area (Å²) in [5.74, 6) is -0.885. The van der Waals surface area contributed by atoms with E-state index < -0.39 is 5.92 Å². The summed E-state index contributed by atoms with van der Waals surface area (Å²) in [5, 5.41) is 5.92. The molecule has 2 amide bonds. The Bertz CT molecular complexity index is 976. The maximum Gasteiger partial charge on any atom is 0.253 e. The van der Waals surface area contributed by atoms with Crippen LogP contribution in [0.2, 0.25) is 0 Å². The second-order valence-corrected chi connectivity index (χ2v) is 7.63. The fraction of sp³-hybridized carbons (Fsp3) is 0.231. The first-order chi connectivity index (χ1) is 15.2.